The molecule has 2 N–H and O–H groups in total. The Balaban J connectivity index is 1.53. The van der Waals surface area contributed by atoms with Crippen LogP contribution < -0.4 is 25.1 Å². The molecule has 1 aromatic heterocycles. The van der Waals surface area contributed by atoms with Gasteiger partial charge in [-0.25, -0.2) is 0 Å². The average molecular weight is 511 g/mol. The van der Waals surface area contributed by atoms with E-state index in [-0.39, 0.29) is 12.4 Å². The van der Waals surface area contributed by atoms with E-state index in [4.69, 9.17) is 26.4 Å². The van der Waals surface area contributed by atoms with E-state index in [9.17, 15) is 4.79 Å². The molecule has 0 atom stereocenters. The van der Waals surface area contributed by atoms with Crippen molar-refractivity contribution in [2.24, 2.45) is 0 Å². The topological polar surface area (TPSA) is 79.1 Å². The summed E-state index contributed by atoms with van der Waals surface area (Å²) < 4.78 is 16.4. The van der Waals surface area contributed by atoms with Crippen molar-refractivity contribution in [3.63, 3.8) is 0 Å². The fraction of sp³-hybridized carbons (Fsp3) is 0.407. The molecule has 0 fully saturated rings. The van der Waals surface area contributed by atoms with E-state index >= 15 is 0 Å². The van der Waals surface area contributed by atoms with Gasteiger partial charge in [-0.1, -0.05) is 19.9 Å². The van der Waals surface area contributed by atoms with Gasteiger partial charge in [0.2, 0.25) is 6.79 Å². The molecule has 0 saturated carbocycles. The number of hydrogen-bond donors (Lipinski definition) is 2. The third kappa shape index (κ3) is 6.27. The molecule has 2 aromatic carbocycles. The highest BCUT2D eigenvalue weighted by Gasteiger charge is 2.18. The van der Waals surface area contributed by atoms with Gasteiger partial charge in [0.1, 0.15) is 5.75 Å². The molecule has 2 heterocycles. The lowest BCUT2D eigenvalue weighted by atomic mass is 10.1. The molecule has 0 aliphatic carbocycles. The van der Waals surface area contributed by atoms with E-state index in [0.29, 0.717) is 23.8 Å². The zero-order valence-electron chi connectivity index (χ0n) is 21.1. The summed E-state index contributed by atoms with van der Waals surface area (Å²) in [5, 5.41) is 4.91. The van der Waals surface area contributed by atoms with Crippen LogP contribution in [0.25, 0.3) is 10.9 Å². The Bertz CT molecular complexity index is 1260. The number of nitrogens with zero attached hydrogens (tertiary/aromatic N) is 2. The highest BCUT2D eigenvalue weighted by Crippen LogP contribution is 2.33. The van der Waals surface area contributed by atoms with Gasteiger partial charge in [0.05, 0.1) is 13.7 Å². The molecule has 0 radical (unpaired) electrons. The third-order valence-corrected chi connectivity index (χ3v) is 6.81. The second kappa shape index (κ2) is 12.1. The number of methoxy groups -OCH3 is 1. The number of nitrogens with one attached hydrogen (secondary N) is 2. The van der Waals surface area contributed by atoms with E-state index < -0.39 is 0 Å². The molecule has 8 nitrogen and oxygen atoms in total. The van der Waals surface area contributed by atoms with Crippen LogP contribution in [0, 0.1) is 0 Å². The van der Waals surface area contributed by atoms with E-state index in [2.05, 4.69) is 29.0 Å². The summed E-state index contributed by atoms with van der Waals surface area (Å²) in [5.41, 5.74) is 2.28. The number of hydrogen-bond acceptors (Lipinski definition) is 6. The number of benzene rings is 2. The maximum atomic E-state index is 12.9. The van der Waals surface area contributed by atoms with Gasteiger partial charge in [0.25, 0.3) is 5.56 Å². The highest BCUT2D eigenvalue weighted by molar-refractivity contribution is 7.80. The molecule has 9 heteroatoms. The predicted molar refractivity (Wildman–Crippen MR) is 146 cm³/mol. The maximum absolute atomic E-state index is 12.9. The quantitative estimate of drug-likeness (QED) is 0.297. The van der Waals surface area contributed by atoms with Gasteiger partial charge >= 0.3 is 0 Å². The molecular weight excluding hydrogens is 476 g/mol. The zero-order chi connectivity index (χ0) is 25.5. The van der Waals surface area contributed by atoms with Gasteiger partial charge < -0.3 is 34.3 Å². The number of pyridine rings is 1. The molecule has 1 aliphatic heterocycles. The Morgan fingerprint density at radius 3 is 2.67 bits per heavy atom. The predicted octanol–water partition coefficient (Wildman–Crippen LogP) is 3.87. The van der Waals surface area contributed by atoms with Crippen LogP contribution >= 0.6 is 12.2 Å². The normalized spacial score (nSPS) is 12.2. The van der Waals surface area contributed by atoms with Crippen molar-refractivity contribution in [3.8, 4) is 17.2 Å². The molecular formula is C27H34N4O4S. The number of fused-ring (bicyclic) bond motifs is 2. The minimum absolute atomic E-state index is 0.132. The number of rotatable bonds is 11. The van der Waals surface area contributed by atoms with Gasteiger partial charge in [-0.15, -0.1) is 0 Å². The Kier molecular flexibility index (Phi) is 8.66. The summed E-state index contributed by atoms with van der Waals surface area (Å²) in [6.07, 6.45) is 0.982. The monoisotopic (exact) mass is 510 g/mol. The molecule has 4 rings (SSSR count). The van der Waals surface area contributed by atoms with Crippen molar-refractivity contribution >= 4 is 28.2 Å². The molecule has 0 unspecified atom stereocenters. The van der Waals surface area contributed by atoms with E-state index in [1.54, 1.807) is 7.11 Å². The minimum atomic E-state index is -0.132. The number of H-pyrrole nitrogens is 1. The van der Waals surface area contributed by atoms with Crippen LogP contribution in [0.15, 0.2) is 47.3 Å². The van der Waals surface area contributed by atoms with Crippen molar-refractivity contribution in [3.05, 3.63) is 63.9 Å². The lowest BCUT2D eigenvalue weighted by molar-refractivity contribution is 0.174. The van der Waals surface area contributed by atoms with Crippen molar-refractivity contribution in [2.75, 3.05) is 40.1 Å². The fourth-order valence-electron chi connectivity index (χ4n) is 4.29. The van der Waals surface area contributed by atoms with Gasteiger partial charge in [-0.05, 0) is 80.2 Å². The summed E-state index contributed by atoms with van der Waals surface area (Å²) >= 11 is 5.80. The molecule has 3 aromatic rings. The van der Waals surface area contributed by atoms with Crippen molar-refractivity contribution in [2.45, 2.75) is 33.4 Å². The van der Waals surface area contributed by atoms with Gasteiger partial charge in [-0.3, -0.25) is 4.79 Å². The highest BCUT2D eigenvalue weighted by atomic mass is 32.1. The lowest BCUT2D eigenvalue weighted by Gasteiger charge is -2.26. The van der Waals surface area contributed by atoms with Crippen molar-refractivity contribution in [1.29, 1.82) is 0 Å². The Hall–Kier alpha value is -3.30. The minimum Gasteiger partial charge on any atom is -0.497 e. The van der Waals surface area contributed by atoms with E-state index in [0.717, 1.165) is 66.3 Å². The first-order valence-corrected chi connectivity index (χ1v) is 12.7. The summed E-state index contributed by atoms with van der Waals surface area (Å²) in [6, 6.07) is 13.4. The fourth-order valence-corrected chi connectivity index (χ4v) is 4.52. The van der Waals surface area contributed by atoms with Crippen LogP contribution in [0.2, 0.25) is 0 Å². The van der Waals surface area contributed by atoms with Crippen molar-refractivity contribution in [1.82, 2.24) is 20.1 Å². The van der Waals surface area contributed by atoms with Crippen LogP contribution in [0.4, 0.5) is 0 Å². The van der Waals surface area contributed by atoms with E-state index in [1.807, 2.05) is 47.4 Å². The van der Waals surface area contributed by atoms with Gasteiger partial charge in [0.15, 0.2) is 16.6 Å². The first kappa shape index (κ1) is 25.8. The number of aromatic amines is 1. The van der Waals surface area contributed by atoms with Gasteiger partial charge in [-0.2, -0.15) is 0 Å². The second-order valence-corrected chi connectivity index (χ2v) is 9.12. The first-order valence-electron chi connectivity index (χ1n) is 12.3. The average Bonchev–Trinajstić information content (AvgIpc) is 3.36. The molecule has 36 heavy (non-hydrogen) atoms. The molecule has 0 saturated heterocycles. The van der Waals surface area contributed by atoms with Crippen LogP contribution in [0.3, 0.4) is 0 Å². The van der Waals surface area contributed by atoms with Crippen LogP contribution in [-0.4, -0.2) is 60.0 Å². The van der Waals surface area contributed by atoms with Crippen LogP contribution in [-0.2, 0) is 13.1 Å². The lowest BCUT2D eigenvalue weighted by Crippen LogP contribution is -2.41. The number of ether oxygens (including phenoxy) is 3. The Labute approximate surface area is 217 Å². The number of thiocarbonyl (C=S) groups is 1. The van der Waals surface area contributed by atoms with Crippen LogP contribution in [0.1, 0.15) is 31.4 Å². The summed E-state index contributed by atoms with van der Waals surface area (Å²) in [4.78, 5) is 20.3. The van der Waals surface area contributed by atoms with Gasteiger partial charge in [0, 0.05) is 29.6 Å². The molecule has 0 spiro atoms. The standard InChI is InChI=1S/C27H34N4O4S/c1-4-30(5-2)12-6-11-28-27(36)31(16-19-7-10-24-25(13-19)35-18-34-24)17-21-14-20-15-22(33-3)8-9-23(20)29-26(21)32/h7-10,13-15H,4-6,11-12,16-18H2,1-3H3,(H,28,36)(H,29,32). The summed E-state index contributed by atoms with van der Waals surface area (Å²) in [7, 11) is 1.63. The smallest absolute Gasteiger partial charge is 0.253 e. The van der Waals surface area contributed by atoms with E-state index in [1.165, 1.54) is 0 Å². The van der Waals surface area contributed by atoms with Crippen LogP contribution in [0.5, 0.6) is 17.2 Å². The maximum Gasteiger partial charge on any atom is 0.253 e. The molecule has 1 aliphatic rings. The number of aromatic nitrogens is 1. The SMILES string of the molecule is CCN(CC)CCCNC(=S)N(Cc1ccc2c(c1)OCO2)Cc1cc2cc(OC)ccc2[nH]c1=O. The molecule has 192 valence electrons. The Morgan fingerprint density at radius 1 is 1.08 bits per heavy atom. The van der Waals surface area contributed by atoms with Crippen molar-refractivity contribution < 1.29 is 14.2 Å². The largest absolute Gasteiger partial charge is 0.497 e. The summed E-state index contributed by atoms with van der Waals surface area (Å²) in [6.45, 7) is 9.29. The summed E-state index contributed by atoms with van der Waals surface area (Å²) in [5.74, 6) is 2.20. The molecule has 0 bridgehead atoms. The second-order valence-electron chi connectivity index (χ2n) is 8.73. The Morgan fingerprint density at radius 2 is 1.89 bits per heavy atom. The zero-order valence-corrected chi connectivity index (χ0v) is 22.0. The third-order valence-electron chi connectivity index (χ3n) is 6.41. The first-order chi connectivity index (χ1) is 17.5. The molecule has 0 amide bonds.